The molecule has 2 nitrogen and oxygen atoms in total. The number of rotatable bonds is 3. The van der Waals surface area contributed by atoms with Gasteiger partial charge in [0.05, 0.1) is 11.2 Å². The molecule has 124 valence electrons. The van der Waals surface area contributed by atoms with Crippen LogP contribution in [0, 0.1) is 0 Å². The third-order valence-corrected chi connectivity index (χ3v) is 4.82. The third kappa shape index (κ3) is 2.56. The summed E-state index contributed by atoms with van der Waals surface area (Å²) in [7, 11) is 0. The number of para-hydroxylation sites is 1. The van der Waals surface area contributed by atoms with Crippen LogP contribution in [0.15, 0.2) is 97.1 Å². The second-order valence-electron chi connectivity index (χ2n) is 6.56. The van der Waals surface area contributed by atoms with E-state index in [4.69, 9.17) is 4.98 Å². The van der Waals surface area contributed by atoms with E-state index in [2.05, 4.69) is 95.6 Å². The highest BCUT2D eigenvalue weighted by atomic mass is 15.0. The summed E-state index contributed by atoms with van der Waals surface area (Å²) in [5.41, 5.74) is 5.76. The zero-order valence-corrected chi connectivity index (χ0v) is 14.3. The van der Waals surface area contributed by atoms with E-state index in [1.54, 1.807) is 0 Å². The molecular weight excluding hydrogens is 316 g/mol. The first-order valence-electron chi connectivity index (χ1n) is 8.87. The minimum absolute atomic E-state index is 0.805. The maximum absolute atomic E-state index is 4.98. The number of benzene rings is 3. The van der Waals surface area contributed by atoms with Crippen molar-refractivity contribution in [3.63, 3.8) is 0 Å². The molecule has 0 aliphatic rings. The van der Waals surface area contributed by atoms with Crippen molar-refractivity contribution in [2.24, 2.45) is 0 Å². The topological polar surface area (TPSA) is 17.8 Å². The molecule has 0 aliphatic heterocycles. The summed E-state index contributed by atoms with van der Waals surface area (Å²) in [6, 6.07) is 33.9. The van der Waals surface area contributed by atoms with Crippen molar-refractivity contribution in [1.29, 1.82) is 0 Å². The number of aromatic nitrogens is 2. The van der Waals surface area contributed by atoms with Crippen LogP contribution in [0.25, 0.3) is 33.2 Å². The molecule has 3 aromatic carbocycles. The average Bonchev–Trinajstić information content (AvgIpc) is 3.05. The van der Waals surface area contributed by atoms with Crippen LogP contribution in [0.4, 0.5) is 0 Å². The second kappa shape index (κ2) is 6.16. The molecule has 2 aromatic heterocycles. The lowest BCUT2D eigenvalue weighted by molar-refractivity contribution is 0.835. The molecule has 0 atom stereocenters. The lowest BCUT2D eigenvalue weighted by atomic mass is 10.1. The lowest BCUT2D eigenvalue weighted by Gasteiger charge is -2.11. The van der Waals surface area contributed by atoms with Crippen molar-refractivity contribution in [3.8, 4) is 11.3 Å². The molecule has 0 bridgehead atoms. The molecule has 0 unspecified atom stereocenters. The van der Waals surface area contributed by atoms with E-state index in [1.807, 2.05) is 6.07 Å². The highest BCUT2D eigenvalue weighted by Crippen LogP contribution is 2.30. The zero-order valence-electron chi connectivity index (χ0n) is 14.3. The van der Waals surface area contributed by atoms with Crippen LogP contribution >= 0.6 is 0 Å². The first-order chi connectivity index (χ1) is 12.9. The fourth-order valence-corrected chi connectivity index (χ4v) is 3.56. The monoisotopic (exact) mass is 334 g/mol. The van der Waals surface area contributed by atoms with Gasteiger partial charge in [-0.05, 0) is 29.3 Å². The Balaban J connectivity index is 1.78. The van der Waals surface area contributed by atoms with E-state index in [9.17, 15) is 0 Å². The van der Waals surface area contributed by atoms with E-state index in [1.165, 1.54) is 27.6 Å². The predicted octanol–water partition coefficient (Wildman–Crippen LogP) is 5.90. The highest BCUT2D eigenvalue weighted by Gasteiger charge is 2.13. The molecule has 0 saturated carbocycles. The first-order valence-corrected chi connectivity index (χ1v) is 8.87. The van der Waals surface area contributed by atoms with E-state index in [0.717, 1.165) is 17.7 Å². The Hall–Kier alpha value is -3.39. The van der Waals surface area contributed by atoms with E-state index < -0.39 is 0 Å². The predicted molar refractivity (Wildman–Crippen MR) is 108 cm³/mol. The Morgan fingerprint density at radius 2 is 1.35 bits per heavy atom. The van der Waals surface area contributed by atoms with Crippen molar-refractivity contribution >= 4 is 21.9 Å². The molecule has 26 heavy (non-hydrogen) atoms. The van der Waals surface area contributed by atoms with E-state index in [-0.39, 0.29) is 0 Å². The van der Waals surface area contributed by atoms with Gasteiger partial charge in [0.1, 0.15) is 5.65 Å². The third-order valence-electron chi connectivity index (χ3n) is 4.82. The van der Waals surface area contributed by atoms with Crippen LogP contribution in [-0.4, -0.2) is 9.55 Å². The molecule has 0 saturated heterocycles. The number of nitrogens with zero attached hydrogens (tertiary/aromatic N) is 2. The van der Waals surface area contributed by atoms with Gasteiger partial charge in [-0.3, -0.25) is 0 Å². The van der Waals surface area contributed by atoms with Gasteiger partial charge in [0.2, 0.25) is 0 Å². The standard InChI is InChI=1S/C24H18N2/c1-3-9-18(10-4-1)17-26-23(19-11-5-2-6-12-19)16-21-15-20-13-7-8-14-22(20)25-24(21)26/h1-16H,17H2. The molecule has 5 aromatic rings. The number of pyridine rings is 1. The summed E-state index contributed by atoms with van der Waals surface area (Å²) in [4.78, 5) is 4.98. The van der Waals surface area contributed by atoms with Crippen LogP contribution in [0.5, 0.6) is 0 Å². The highest BCUT2D eigenvalue weighted by molar-refractivity contribution is 5.94. The minimum Gasteiger partial charge on any atom is -0.321 e. The first kappa shape index (κ1) is 14.9. The van der Waals surface area contributed by atoms with Gasteiger partial charge < -0.3 is 4.57 Å². The molecule has 5 rings (SSSR count). The molecule has 0 fully saturated rings. The van der Waals surface area contributed by atoms with Crippen molar-refractivity contribution in [2.45, 2.75) is 6.54 Å². The van der Waals surface area contributed by atoms with Crippen molar-refractivity contribution in [1.82, 2.24) is 9.55 Å². The fraction of sp³-hybridized carbons (Fsp3) is 0.0417. The number of hydrogen-bond acceptors (Lipinski definition) is 1. The molecule has 0 amide bonds. The molecule has 0 radical (unpaired) electrons. The summed E-state index contributed by atoms with van der Waals surface area (Å²) >= 11 is 0. The van der Waals surface area contributed by atoms with Gasteiger partial charge in [0.25, 0.3) is 0 Å². The SMILES string of the molecule is c1ccc(Cn2c(-c3ccccc3)cc3cc4ccccc4nc32)cc1. The average molecular weight is 334 g/mol. The Bertz CT molecular complexity index is 1190. The summed E-state index contributed by atoms with van der Waals surface area (Å²) in [5, 5.41) is 2.36. The summed E-state index contributed by atoms with van der Waals surface area (Å²) in [6.07, 6.45) is 0. The van der Waals surface area contributed by atoms with Crippen LogP contribution in [0.3, 0.4) is 0 Å². The summed E-state index contributed by atoms with van der Waals surface area (Å²) in [5.74, 6) is 0. The van der Waals surface area contributed by atoms with E-state index >= 15 is 0 Å². The molecule has 2 heterocycles. The van der Waals surface area contributed by atoms with Gasteiger partial charge in [-0.1, -0.05) is 78.9 Å². The van der Waals surface area contributed by atoms with Gasteiger partial charge in [-0.15, -0.1) is 0 Å². The van der Waals surface area contributed by atoms with Gasteiger partial charge in [-0.25, -0.2) is 4.98 Å². The van der Waals surface area contributed by atoms with Gasteiger partial charge >= 0.3 is 0 Å². The molecule has 0 N–H and O–H groups in total. The maximum Gasteiger partial charge on any atom is 0.141 e. The van der Waals surface area contributed by atoms with Crippen LogP contribution in [0.1, 0.15) is 5.56 Å². The van der Waals surface area contributed by atoms with Crippen LogP contribution < -0.4 is 0 Å². The summed E-state index contributed by atoms with van der Waals surface area (Å²) < 4.78 is 2.33. The second-order valence-corrected chi connectivity index (χ2v) is 6.56. The largest absolute Gasteiger partial charge is 0.321 e. The number of hydrogen-bond donors (Lipinski definition) is 0. The Morgan fingerprint density at radius 3 is 2.15 bits per heavy atom. The smallest absolute Gasteiger partial charge is 0.141 e. The van der Waals surface area contributed by atoms with E-state index in [0.29, 0.717) is 0 Å². The van der Waals surface area contributed by atoms with Crippen molar-refractivity contribution in [2.75, 3.05) is 0 Å². The Kier molecular flexibility index (Phi) is 3.53. The van der Waals surface area contributed by atoms with Gasteiger partial charge in [-0.2, -0.15) is 0 Å². The van der Waals surface area contributed by atoms with Gasteiger partial charge in [0, 0.05) is 17.3 Å². The van der Waals surface area contributed by atoms with Crippen LogP contribution in [-0.2, 0) is 6.54 Å². The van der Waals surface area contributed by atoms with Gasteiger partial charge in [0.15, 0.2) is 0 Å². The molecule has 0 spiro atoms. The molecule has 0 aliphatic carbocycles. The van der Waals surface area contributed by atoms with Crippen LogP contribution in [0.2, 0.25) is 0 Å². The quantitative estimate of drug-likeness (QED) is 0.401. The van der Waals surface area contributed by atoms with Crippen molar-refractivity contribution < 1.29 is 0 Å². The lowest BCUT2D eigenvalue weighted by Crippen LogP contribution is -2.02. The molecular formula is C24H18N2. The Labute approximate surface area is 152 Å². The normalized spacial score (nSPS) is 11.2. The maximum atomic E-state index is 4.98. The summed E-state index contributed by atoms with van der Waals surface area (Å²) in [6.45, 7) is 0.805. The minimum atomic E-state index is 0.805. The van der Waals surface area contributed by atoms with Crippen molar-refractivity contribution in [3.05, 3.63) is 103 Å². The zero-order chi connectivity index (χ0) is 17.3. The Morgan fingerprint density at radius 1 is 0.654 bits per heavy atom. The number of fused-ring (bicyclic) bond motifs is 2. The fourth-order valence-electron chi connectivity index (χ4n) is 3.56. The molecule has 2 heteroatoms.